The van der Waals surface area contributed by atoms with Gasteiger partial charge in [-0.2, -0.15) is 0 Å². The third kappa shape index (κ3) is 5.04. The summed E-state index contributed by atoms with van der Waals surface area (Å²) < 4.78 is 5.71. The largest absolute Gasteiger partial charge is 0.493 e. The van der Waals surface area contributed by atoms with Gasteiger partial charge in [0.05, 0.1) is 24.3 Å². The number of nitrogens with zero attached hydrogens (tertiary/aromatic N) is 4. The average Bonchev–Trinajstić information content (AvgIpc) is 3.24. The lowest BCUT2D eigenvalue weighted by atomic mass is 10.2. The highest BCUT2D eigenvalue weighted by atomic mass is 32.1. The fourth-order valence-corrected chi connectivity index (χ4v) is 4.45. The van der Waals surface area contributed by atoms with Gasteiger partial charge in [-0.3, -0.25) is 14.7 Å². The molecule has 0 saturated carbocycles. The van der Waals surface area contributed by atoms with Crippen LogP contribution in [0.25, 0.3) is 10.6 Å². The molecule has 0 atom stereocenters. The summed E-state index contributed by atoms with van der Waals surface area (Å²) in [4.78, 5) is 25.9. The van der Waals surface area contributed by atoms with Crippen molar-refractivity contribution in [1.29, 1.82) is 0 Å². The van der Waals surface area contributed by atoms with Crippen molar-refractivity contribution in [3.05, 3.63) is 65.4 Å². The number of hydrogen-bond donors (Lipinski definition) is 0. The number of piperazine rings is 1. The standard InChI is InChI=1S/C23H26N4O2S/c1-2-29-21-6-4-3-5-20(21)23-25-19(17-30-23)15-22(28)27-13-11-26(12-14-27)16-18-7-9-24-10-8-18/h3-10,17H,2,11-16H2,1H3. The number of amides is 1. The van der Waals surface area contributed by atoms with Crippen LogP contribution in [-0.4, -0.2) is 58.5 Å². The zero-order chi connectivity index (χ0) is 20.8. The molecule has 0 N–H and O–H groups in total. The van der Waals surface area contributed by atoms with E-state index in [4.69, 9.17) is 9.72 Å². The van der Waals surface area contributed by atoms with E-state index >= 15 is 0 Å². The Kier molecular flexibility index (Phi) is 6.71. The van der Waals surface area contributed by atoms with Crippen molar-refractivity contribution in [1.82, 2.24) is 19.8 Å². The first kappa shape index (κ1) is 20.5. The Morgan fingerprint density at radius 2 is 1.87 bits per heavy atom. The summed E-state index contributed by atoms with van der Waals surface area (Å²) in [6.07, 6.45) is 3.99. The van der Waals surface area contributed by atoms with Gasteiger partial charge in [0.25, 0.3) is 0 Å². The van der Waals surface area contributed by atoms with E-state index in [2.05, 4.69) is 9.88 Å². The number of hydrogen-bond acceptors (Lipinski definition) is 6. The lowest BCUT2D eigenvalue weighted by molar-refractivity contribution is -0.132. The van der Waals surface area contributed by atoms with E-state index in [1.807, 2.05) is 66.0 Å². The van der Waals surface area contributed by atoms with Gasteiger partial charge in [-0.05, 0) is 36.8 Å². The molecule has 7 heteroatoms. The van der Waals surface area contributed by atoms with Gasteiger partial charge in [0.2, 0.25) is 5.91 Å². The van der Waals surface area contributed by atoms with Crippen LogP contribution >= 0.6 is 11.3 Å². The molecule has 1 aliphatic rings. The Morgan fingerprint density at radius 3 is 2.63 bits per heavy atom. The molecule has 4 rings (SSSR count). The van der Waals surface area contributed by atoms with E-state index in [1.54, 1.807) is 11.3 Å². The smallest absolute Gasteiger partial charge is 0.228 e. The second-order valence-electron chi connectivity index (χ2n) is 7.26. The summed E-state index contributed by atoms with van der Waals surface area (Å²) in [5.74, 6) is 0.978. The van der Waals surface area contributed by atoms with Gasteiger partial charge in [-0.25, -0.2) is 4.98 Å². The van der Waals surface area contributed by atoms with E-state index in [1.165, 1.54) is 5.56 Å². The number of carbonyl (C=O) groups is 1. The zero-order valence-electron chi connectivity index (χ0n) is 17.2. The van der Waals surface area contributed by atoms with Crippen molar-refractivity contribution < 1.29 is 9.53 Å². The molecule has 0 radical (unpaired) electrons. The lowest BCUT2D eigenvalue weighted by Gasteiger charge is -2.34. The predicted octanol–water partition coefficient (Wildman–Crippen LogP) is 3.49. The summed E-state index contributed by atoms with van der Waals surface area (Å²) in [5.41, 5.74) is 3.06. The summed E-state index contributed by atoms with van der Waals surface area (Å²) in [6.45, 7) is 6.78. The van der Waals surface area contributed by atoms with Crippen molar-refractivity contribution >= 4 is 17.2 Å². The fraction of sp³-hybridized carbons (Fsp3) is 0.348. The van der Waals surface area contributed by atoms with Gasteiger partial charge in [-0.15, -0.1) is 11.3 Å². The molecule has 156 valence electrons. The van der Waals surface area contributed by atoms with Gasteiger partial charge in [0.1, 0.15) is 10.8 Å². The highest BCUT2D eigenvalue weighted by Gasteiger charge is 2.22. The number of para-hydroxylation sites is 1. The maximum absolute atomic E-state index is 12.8. The molecule has 3 heterocycles. The minimum atomic E-state index is 0.147. The average molecular weight is 423 g/mol. The van der Waals surface area contributed by atoms with Crippen LogP contribution < -0.4 is 4.74 Å². The molecule has 0 unspecified atom stereocenters. The zero-order valence-corrected chi connectivity index (χ0v) is 18.0. The van der Waals surface area contributed by atoms with Crippen LogP contribution in [0, 0.1) is 0 Å². The number of pyridine rings is 1. The Labute approximate surface area is 181 Å². The summed E-state index contributed by atoms with van der Waals surface area (Å²) in [6, 6.07) is 12.0. The molecule has 0 bridgehead atoms. The summed E-state index contributed by atoms with van der Waals surface area (Å²) in [7, 11) is 0. The van der Waals surface area contributed by atoms with Gasteiger partial charge in [0.15, 0.2) is 0 Å². The quantitative estimate of drug-likeness (QED) is 0.583. The Hall–Kier alpha value is -2.77. The normalized spacial score (nSPS) is 14.6. The highest BCUT2D eigenvalue weighted by Crippen LogP contribution is 2.32. The van der Waals surface area contributed by atoms with E-state index in [9.17, 15) is 4.79 Å². The number of aromatic nitrogens is 2. The molecule has 1 fully saturated rings. The van der Waals surface area contributed by atoms with Crippen molar-refractivity contribution in [2.24, 2.45) is 0 Å². The van der Waals surface area contributed by atoms with E-state index in [0.717, 1.165) is 54.7 Å². The molecule has 0 aliphatic carbocycles. The monoisotopic (exact) mass is 422 g/mol. The molecule has 0 spiro atoms. The summed E-state index contributed by atoms with van der Waals surface area (Å²) in [5, 5.41) is 2.87. The van der Waals surface area contributed by atoms with E-state index < -0.39 is 0 Å². The Bertz CT molecular complexity index is 968. The number of benzene rings is 1. The maximum atomic E-state index is 12.8. The van der Waals surface area contributed by atoms with E-state index in [0.29, 0.717) is 13.0 Å². The van der Waals surface area contributed by atoms with Crippen LogP contribution in [0.15, 0.2) is 54.2 Å². The Morgan fingerprint density at radius 1 is 1.10 bits per heavy atom. The van der Waals surface area contributed by atoms with Crippen molar-refractivity contribution in [3.8, 4) is 16.3 Å². The van der Waals surface area contributed by atoms with E-state index in [-0.39, 0.29) is 5.91 Å². The maximum Gasteiger partial charge on any atom is 0.228 e. The molecular formula is C23H26N4O2S. The van der Waals surface area contributed by atoms with Gasteiger partial charge in [0, 0.05) is 50.5 Å². The van der Waals surface area contributed by atoms with Crippen LogP contribution in [-0.2, 0) is 17.8 Å². The molecule has 3 aromatic rings. The molecule has 30 heavy (non-hydrogen) atoms. The third-order valence-electron chi connectivity index (χ3n) is 5.18. The lowest BCUT2D eigenvalue weighted by Crippen LogP contribution is -2.48. The van der Waals surface area contributed by atoms with Crippen LogP contribution in [0.4, 0.5) is 0 Å². The minimum Gasteiger partial charge on any atom is -0.493 e. The van der Waals surface area contributed by atoms with Gasteiger partial charge in [-0.1, -0.05) is 12.1 Å². The molecule has 1 saturated heterocycles. The third-order valence-corrected chi connectivity index (χ3v) is 6.11. The van der Waals surface area contributed by atoms with Crippen LogP contribution in [0.1, 0.15) is 18.2 Å². The topological polar surface area (TPSA) is 58.6 Å². The molecule has 1 amide bonds. The predicted molar refractivity (Wildman–Crippen MR) is 119 cm³/mol. The number of carbonyl (C=O) groups excluding carboxylic acids is 1. The first-order valence-corrected chi connectivity index (χ1v) is 11.2. The van der Waals surface area contributed by atoms with Crippen molar-refractivity contribution in [3.63, 3.8) is 0 Å². The minimum absolute atomic E-state index is 0.147. The second-order valence-corrected chi connectivity index (χ2v) is 8.12. The second kappa shape index (κ2) is 9.82. The number of thiazole rings is 1. The molecular weight excluding hydrogens is 396 g/mol. The first-order chi connectivity index (χ1) is 14.7. The number of ether oxygens (including phenoxy) is 1. The molecule has 1 aliphatic heterocycles. The van der Waals surface area contributed by atoms with Crippen LogP contribution in [0.2, 0.25) is 0 Å². The van der Waals surface area contributed by atoms with Crippen molar-refractivity contribution in [2.45, 2.75) is 19.9 Å². The molecule has 6 nitrogen and oxygen atoms in total. The Balaban J connectivity index is 1.32. The molecule has 2 aromatic heterocycles. The SMILES string of the molecule is CCOc1ccccc1-c1nc(CC(=O)N2CCN(Cc3ccncc3)CC2)cs1. The highest BCUT2D eigenvalue weighted by molar-refractivity contribution is 7.13. The summed E-state index contributed by atoms with van der Waals surface area (Å²) >= 11 is 1.56. The van der Waals surface area contributed by atoms with Gasteiger partial charge < -0.3 is 9.64 Å². The van der Waals surface area contributed by atoms with Gasteiger partial charge >= 0.3 is 0 Å². The van der Waals surface area contributed by atoms with Crippen molar-refractivity contribution in [2.75, 3.05) is 32.8 Å². The number of rotatable bonds is 7. The first-order valence-electron chi connectivity index (χ1n) is 10.3. The molecule has 1 aromatic carbocycles. The van der Waals surface area contributed by atoms with Crippen LogP contribution in [0.3, 0.4) is 0 Å². The fourth-order valence-electron chi connectivity index (χ4n) is 3.61. The van der Waals surface area contributed by atoms with Crippen LogP contribution in [0.5, 0.6) is 5.75 Å².